The van der Waals surface area contributed by atoms with Gasteiger partial charge in [0.25, 0.3) is 0 Å². The van der Waals surface area contributed by atoms with Gasteiger partial charge in [-0.3, -0.25) is 0 Å². The highest BCUT2D eigenvalue weighted by molar-refractivity contribution is 5.62. The molecule has 1 nitrogen and oxygen atoms in total. The number of allylic oxidation sites excluding steroid dienone is 2. The topological polar surface area (TPSA) is 3.24 Å². The lowest BCUT2D eigenvalue weighted by atomic mass is 10.0. The van der Waals surface area contributed by atoms with Crippen molar-refractivity contribution in [3.8, 4) is 0 Å². The zero-order chi connectivity index (χ0) is 8.67. The van der Waals surface area contributed by atoms with Crippen molar-refractivity contribution in [3.05, 3.63) is 41.6 Å². The molecule has 0 atom stereocenters. The third-order valence-electron chi connectivity index (χ3n) is 2.84. The summed E-state index contributed by atoms with van der Waals surface area (Å²) in [5.74, 6) is 0. The summed E-state index contributed by atoms with van der Waals surface area (Å²) >= 11 is 0. The molecule has 1 heterocycles. The molecule has 0 saturated carbocycles. The quantitative estimate of drug-likeness (QED) is 0.628. The second-order valence-corrected chi connectivity index (χ2v) is 3.78. The molecule has 13 heavy (non-hydrogen) atoms. The first-order valence-corrected chi connectivity index (χ1v) is 4.99. The number of hydrogen-bond acceptors (Lipinski definition) is 1. The Balaban J connectivity index is 2.05. The molecule has 0 saturated heterocycles. The van der Waals surface area contributed by atoms with Gasteiger partial charge in [0.15, 0.2) is 0 Å². The van der Waals surface area contributed by atoms with E-state index < -0.39 is 0 Å². The van der Waals surface area contributed by atoms with E-state index in [1.807, 2.05) is 0 Å². The highest BCUT2D eigenvalue weighted by Crippen LogP contribution is 2.35. The highest BCUT2D eigenvalue weighted by atomic mass is 15.2. The second-order valence-electron chi connectivity index (χ2n) is 3.78. The minimum absolute atomic E-state index is 1.20. The van der Waals surface area contributed by atoms with Crippen molar-refractivity contribution in [1.29, 1.82) is 0 Å². The number of anilines is 1. The van der Waals surface area contributed by atoms with Crippen LogP contribution >= 0.6 is 0 Å². The number of rotatable bonds is 1. The van der Waals surface area contributed by atoms with E-state index in [0.717, 1.165) is 0 Å². The van der Waals surface area contributed by atoms with Crippen molar-refractivity contribution in [2.75, 3.05) is 11.4 Å². The van der Waals surface area contributed by atoms with Crippen molar-refractivity contribution in [3.63, 3.8) is 0 Å². The molecule has 1 heteroatoms. The van der Waals surface area contributed by atoms with Crippen molar-refractivity contribution >= 4 is 5.69 Å². The molecular weight excluding hydrogens is 158 g/mol. The average Bonchev–Trinajstić information content (AvgIpc) is 3.00. The van der Waals surface area contributed by atoms with E-state index in [9.17, 15) is 0 Å². The maximum absolute atomic E-state index is 2.47. The lowest BCUT2D eigenvalue weighted by Crippen LogP contribution is -2.25. The molecule has 1 aliphatic carbocycles. The third kappa shape index (κ3) is 1.15. The van der Waals surface area contributed by atoms with Crippen LogP contribution in [0.4, 0.5) is 5.69 Å². The molecule has 0 fully saturated rings. The van der Waals surface area contributed by atoms with Gasteiger partial charge in [0, 0.05) is 24.4 Å². The third-order valence-corrected chi connectivity index (χ3v) is 2.84. The van der Waals surface area contributed by atoms with E-state index in [4.69, 9.17) is 0 Å². The molecule has 66 valence electrons. The zero-order valence-corrected chi connectivity index (χ0v) is 7.66. The van der Waals surface area contributed by atoms with Crippen molar-refractivity contribution in [2.24, 2.45) is 0 Å². The van der Waals surface area contributed by atoms with E-state index in [1.165, 1.54) is 42.8 Å². The fraction of sp³-hybridized carbons (Fsp3) is 0.333. The Morgan fingerprint density at radius 2 is 2.00 bits per heavy atom. The number of aryl methyl sites for hydroxylation is 1. The van der Waals surface area contributed by atoms with Crippen molar-refractivity contribution in [2.45, 2.75) is 19.3 Å². The standard InChI is InChI=1S/C12H13N/c1-2-6-12-10(4-1)5-3-9-13(12)11-7-8-11/h1-2,4,6-7H,3,5,8-9H2. The number of benzene rings is 1. The molecule has 1 aromatic rings. The van der Waals surface area contributed by atoms with Gasteiger partial charge in [-0.2, -0.15) is 0 Å². The molecule has 2 aliphatic rings. The maximum Gasteiger partial charge on any atom is 0.0440 e. The lowest BCUT2D eigenvalue weighted by Gasteiger charge is -2.29. The van der Waals surface area contributed by atoms with Crippen LogP contribution in [0.15, 0.2) is 36.0 Å². The maximum atomic E-state index is 2.47. The Labute approximate surface area is 78.7 Å². The summed E-state index contributed by atoms with van der Waals surface area (Å²) in [6.07, 6.45) is 6.06. The first-order chi connectivity index (χ1) is 6.45. The summed E-state index contributed by atoms with van der Waals surface area (Å²) in [7, 11) is 0. The van der Waals surface area contributed by atoms with Crippen molar-refractivity contribution in [1.82, 2.24) is 0 Å². The summed E-state index contributed by atoms with van der Waals surface area (Å²) in [5.41, 5.74) is 4.48. The van der Waals surface area contributed by atoms with Crippen LogP contribution in [0, 0.1) is 0 Å². The molecule has 0 spiro atoms. The fourth-order valence-electron chi connectivity index (χ4n) is 2.10. The minimum Gasteiger partial charge on any atom is -0.345 e. The van der Waals surface area contributed by atoms with Gasteiger partial charge in [-0.15, -0.1) is 0 Å². The molecule has 1 aromatic carbocycles. The van der Waals surface area contributed by atoms with Gasteiger partial charge in [0.05, 0.1) is 0 Å². The fourth-order valence-corrected chi connectivity index (χ4v) is 2.10. The smallest absolute Gasteiger partial charge is 0.0440 e. The predicted octanol–water partition coefficient (Wildman–Crippen LogP) is 2.73. The Morgan fingerprint density at radius 3 is 2.85 bits per heavy atom. The van der Waals surface area contributed by atoms with E-state index in [0.29, 0.717) is 0 Å². The molecule has 0 radical (unpaired) electrons. The Hall–Kier alpha value is -1.24. The Kier molecular flexibility index (Phi) is 1.45. The lowest BCUT2D eigenvalue weighted by molar-refractivity contribution is 0.752. The second kappa shape index (κ2) is 2.63. The van der Waals surface area contributed by atoms with Crippen LogP contribution in [0.3, 0.4) is 0 Å². The Morgan fingerprint density at radius 1 is 1.15 bits per heavy atom. The molecule has 0 N–H and O–H groups in total. The van der Waals surface area contributed by atoms with Crippen LogP contribution in [0.5, 0.6) is 0 Å². The minimum atomic E-state index is 1.20. The SMILES string of the molecule is C1=C(N2CCCc3ccccc32)C1. The van der Waals surface area contributed by atoms with Gasteiger partial charge in [-0.1, -0.05) is 24.3 Å². The van der Waals surface area contributed by atoms with Gasteiger partial charge in [-0.05, 0) is 24.5 Å². The monoisotopic (exact) mass is 171 g/mol. The summed E-state index contributed by atoms with van der Waals surface area (Å²) in [5, 5.41) is 0. The molecular formula is C12H13N. The van der Waals surface area contributed by atoms with E-state index in [-0.39, 0.29) is 0 Å². The van der Waals surface area contributed by atoms with Gasteiger partial charge >= 0.3 is 0 Å². The van der Waals surface area contributed by atoms with E-state index >= 15 is 0 Å². The molecule has 0 aromatic heterocycles. The van der Waals surface area contributed by atoms with E-state index in [2.05, 4.69) is 35.2 Å². The largest absolute Gasteiger partial charge is 0.345 e. The van der Waals surface area contributed by atoms with Gasteiger partial charge < -0.3 is 4.90 Å². The van der Waals surface area contributed by atoms with Crippen LogP contribution < -0.4 is 4.90 Å². The average molecular weight is 171 g/mol. The molecule has 1 aliphatic heterocycles. The van der Waals surface area contributed by atoms with Crippen LogP contribution in [0.1, 0.15) is 18.4 Å². The molecule has 0 unspecified atom stereocenters. The number of para-hydroxylation sites is 1. The Bertz CT molecular complexity index is 365. The highest BCUT2D eigenvalue weighted by Gasteiger charge is 2.22. The van der Waals surface area contributed by atoms with E-state index in [1.54, 1.807) is 0 Å². The predicted molar refractivity (Wildman–Crippen MR) is 54.8 cm³/mol. The molecule has 3 rings (SSSR count). The first-order valence-electron chi connectivity index (χ1n) is 4.99. The van der Waals surface area contributed by atoms with Crippen LogP contribution in [-0.4, -0.2) is 6.54 Å². The molecule has 0 amide bonds. The van der Waals surface area contributed by atoms with Gasteiger partial charge in [0.2, 0.25) is 0 Å². The number of hydrogen-bond donors (Lipinski definition) is 0. The molecule has 0 bridgehead atoms. The summed E-state index contributed by atoms with van der Waals surface area (Å²) in [6, 6.07) is 8.78. The van der Waals surface area contributed by atoms with Gasteiger partial charge in [-0.25, -0.2) is 0 Å². The van der Waals surface area contributed by atoms with Crippen molar-refractivity contribution < 1.29 is 0 Å². The van der Waals surface area contributed by atoms with Crippen LogP contribution in [-0.2, 0) is 6.42 Å². The number of fused-ring (bicyclic) bond motifs is 1. The first kappa shape index (κ1) is 7.19. The summed E-state index contributed by atoms with van der Waals surface area (Å²) in [6.45, 7) is 1.21. The number of nitrogens with zero attached hydrogens (tertiary/aromatic N) is 1. The summed E-state index contributed by atoms with van der Waals surface area (Å²) < 4.78 is 0. The normalized spacial score (nSPS) is 19.4. The van der Waals surface area contributed by atoms with Gasteiger partial charge in [0.1, 0.15) is 0 Å². The van der Waals surface area contributed by atoms with Crippen LogP contribution in [0.25, 0.3) is 0 Å². The summed E-state index contributed by atoms with van der Waals surface area (Å²) in [4.78, 5) is 2.47. The zero-order valence-electron chi connectivity index (χ0n) is 7.66. The van der Waals surface area contributed by atoms with Crippen LogP contribution in [0.2, 0.25) is 0 Å².